The third-order valence-corrected chi connectivity index (χ3v) is 8.65. The minimum atomic E-state index is -4.83. The summed E-state index contributed by atoms with van der Waals surface area (Å²) in [7, 11) is 0. The van der Waals surface area contributed by atoms with Gasteiger partial charge in [0.2, 0.25) is 5.91 Å². The third kappa shape index (κ3) is 7.10. The van der Waals surface area contributed by atoms with Crippen LogP contribution >= 0.6 is 0 Å². The van der Waals surface area contributed by atoms with Crippen LogP contribution in [0.15, 0.2) is 23.3 Å². The Morgan fingerprint density at radius 2 is 1.83 bits per heavy atom. The molecule has 0 radical (unpaired) electrons. The molecule has 0 bridgehead atoms. The lowest BCUT2D eigenvalue weighted by Gasteiger charge is -2.42. The topological polar surface area (TPSA) is 89.8 Å². The van der Waals surface area contributed by atoms with Crippen LogP contribution in [0.3, 0.4) is 0 Å². The Morgan fingerprint density at radius 1 is 1.14 bits per heavy atom. The molecule has 200 valence electrons. The molecule has 0 aromatic rings. The van der Waals surface area contributed by atoms with Gasteiger partial charge in [0.1, 0.15) is 0 Å². The van der Waals surface area contributed by atoms with Crippen LogP contribution in [0, 0.1) is 17.3 Å². The van der Waals surface area contributed by atoms with Gasteiger partial charge in [0.25, 0.3) is 0 Å². The van der Waals surface area contributed by atoms with E-state index >= 15 is 0 Å². The molecule has 3 aliphatic rings. The van der Waals surface area contributed by atoms with Gasteiger partial charge in [0.05, 0.1) is 18.6 Å². The molecule has 0 aromatic carbocycles. The summed E-state index contributed by atoms with van der Waals surface area (Å²) >= 11 is 0. The Balaban J connectivity index is 1.47. The predicted octanol–water partition coefficient (Wildman–Crippen LogP) is 4.95. The second-order valence-corrected chi connectivity index (χ2v) is 11.5. The lowest BCUT2D eigenvalue weighted by molar-refractivity contribution is -0.253. The molecule has 3 aliphatic carbocycles. The number of nitrogens with one attached hydrogen (secondary N) is 1. The van der Waals surface area contributed by atoms with Gasteiger partial charge in [-0.25, -0.2) is 0 Å². The molecule has 0 saturated heterocycles. The van der Waals surface area contributed by atoms with Gasteiger partial charge in [-0.1, -0.05) is 36.6 Å². The Morgan fingerprint density at radius 3 is 2.49 bits per heavy atom. The van der Waals surface area contributed by atoms with E-state index in [4.69, 9.17) is 0 Å². The zero-order valence-electron chi connectivity index (χ0n) is 21.0. The Kier molecular flexibility index (Phi) is 9.14. The molecular formula is C27H42F3NO4. The summed E-state index contributed by atoms with van der Waals surface area (Å²) in [6.45, 7) is 3.33. The van der Waals surface area contributed by atoms with Crippen molar-refractivity contribution >= 4 is 5.91 Å². The first-order valence-electron chi connectivity index (χ1n) is 13.1. The fourth-order valence-electron chi connectivity index (χ4n) is 6.57. The van der Waals surface area contributed by atoms with Crippen LogP contribution in [-0.4, -0.2) is 51.8 Å². The highest BCUT2D eigenvalue weighted by Crippen LogP contribution is 2.58. The lowest BCUT2D eigenvalue weighted by atomic mass is 9.62. The van der Waals surface area contributed by atoms with Gasteiger partial charge in [-0.3, -0.25) is 4.79 Å². The number of allylic oxidation sites excluding steroid dienone is 3. The highest BCUT2D eigenvalue weighted by molar-refractivity contribution is 5.77. The second kappa shape index (κ2) is 11.3. The van der Waals surface area contributed by atoms with Gasteiger partial charge >= 0.3 is 6.18 Å². The average Bonchev–Trinajstić information content (AvgIpc) is 3.07. The van der Waals surface area contributed by atoms with Crippen LogP contribution in [0.5, 0.6) is 0 Å². The quantitative estimate of drug-likeness (QED) is 0.354. The fourth-order valence-corrected chi connectivity index (χ4v) is 6.57. The number of aliphatic hydroxyl groups excluding tert-OH is 2. The van der Waals surface area contributed by atoms with Crippen molar-refractivity contribution in [3.05, 3.63) is 23.3 Å². The molecule has 0 unspecified atom stereocenters. The van der Waals surface area contributed by atoms with Crippen LogP contribution in [-0.2, 0) is 4.79 Å². The Bertz CT molecular complexity index is 795. The summed E-state index contributed by atoms with van der Waals surface area (Å²) in [5, 5.41) is 31.8. The molecular weight excluding hydrogens is 459 g/mol. The standard InChI is InChI=1S/C27H42F3NO4/c1-25-12-5-6-19(9-8-18-14-21(32)16-22(33)15-18)23(25)11-10-20(25)7-3-4-13-31-24(34)17-26(2,35)27(28,29)30/h8-9,20-23,32-33,35H,3-7,10-17H2,1-2H3,(H,31,34)/b19-9+/t20-,21+,22+,23-,25+,26-/m0/s1. The minimum Gasteiger partial charge on any atom is -0.393 e. The van der Waals surface area contributed by atoms with Crippen molar-refractivity contribution in [2.24, 2.45) is 17.3 Å². The normalized spacial score (nSPS) is 34.4. The highest BCUT2D eigenvalue weighted by atomic mass is 19.4. The molecule has 0 aliphatic heterocycles. The van der Waals surface area contributed by atoms with Gasteiger partial charge in [-0.2, -0.15) is 13.2 Å². The molecule has 3 saturated carbocycles. The number of rotatable bonds is 8. The number of unbranched alkanes of at least 4 members (excludes halogenated alkanes) is 1. The van der Waals surface area contributed by atoms with Crippen molar-refractivity contribution in [3.63, 3.8) is 0 Å². The molecule has 4 N–H and O–H groups in total. The maximum atomic E-state index is 12.7. The van der Waals surface area contributed by atoms with E-state index in [1.165, 1.54) is 12.0 Å². The molecule has 8 heteroatoms. The van der Waals surface area contributed by atoms with Gasteiger partial charge in [0, 0.05) is 6.54 Å². The fraction of sp³-hybridized carbons (Fsp3) is 0.815. The number of fused-ring (bicyclic) bond motifs is 1. The molecule has 0 aromatic heterocycles. The lowest BCUT2D eigenvalue weighted by Crippen LogP contribution is -2.46. The van der Waals surface area contributed by atoms with E-state index in [1.807, 2.05) is 0 Å². The summed E-state index contributed by atoms with van der Waals surface area (Å²) in [6, 6.07) is 0. The summed E-state index contributed by atoms with van der Waals surface area (Å²) < 4.78 is 38.2. The molecule has 0 heterocycles. The molecule has 0 spiro atoms. The number of hydrogen-bond donors (Lipinski definition) is 4. The first kappa shape index (κ1) is 28.2. The predicted molar refractivity (Wildman–Crippen MR) is 128 cm³/mol. The van der Waals surface area contributed by atoms with Crippen molar-refractivity contribution in [2.45, 2.75) is 115 Å². The SMILES string of the molecule is C[C@]12CCC/C(=C\C=C3C[C@@H](O)C[C@H](O)C3)[C@@H]1CC[C@@H]2CCCCNC(=O)C[C@](C)(O)C(F)(F)F. The molecule has 1 amide bonds. The average molecular weight is 502 g/mol. The first-order valence-corrected chi connectivity index (χ1v) is 13.1. The number of aliphatic hydroxyl groups is 3. The summed E-state index contributed by atoms with van der Waals surface area (Å²) in [4.78, 5) is 11.8. The highest BCUT2D eigenvalue weighted by Gasteiger charge is 2.51. The largest absolute Gasteiger partial charge is 0.417 e. The first-order chi connectivity index (χ1) is 16.3. The van der Waals surface area contributed by atoms with Crippen molar-refractivity contribution in [1.29, 1.82) is 0 Å². The molecule has 5 nitrogen and oxygen atoms in total. The van der Waals surface area contributed by atoms with E-state index in [0.717, 1.165) is 44.1 Å². The van der Waals surface area contributed by atoms with E-state index in [9.17, 15) is 33.3 Å². The van der Waals surface area contributed by atoms with Gasteiger partial charge in [0.15, 0.2) is 5.60 Å². The number of carbonyl (C=O) groups excluding carboxylic acids is 1. The number of halogens is 3. The van der Waals surface area contributed by atoms with Crippen LogP contribution in [0.25, 0.3) is 0 Å². The maximum absolute atomic E-state index is 12.7. The molecule has 35 heavy (non-hydrogen) atoms. The monoisotopic (exact) mass is 501 g/mol. The van der Waals surface area contributed by atoms with Crippen LogP contribution in [0.2, 0.25) is 0 Å². The van der Waals surface area contributed by atoms with Gasteiger partial charge in [-0.05, 0) is 88.4 Å². The van der Waals surface area contributed by atoms with Crippen LogP contribution in [0.1, 0.15) is 90.9 Å². The summed E-state index contributed by atoms with van der Waals surface area (Å²) in [5.74, 6) is 0.346. The number of amides is 1. The maximum Gasteiger partial charge on any atom is 0.417 e. The molecule has 6 atom stereocenters. The van der Waals surface area contributed by atoms with Crippen LogP contribution in [0.4, 0.5) is 13.2 Å². The smallest absolute Gasteiger partial charge is 0.393 e. The summed E-state index contributed by atoms with van der Waals surface area (Å²) in [5.41, 5.74) is -0.178. The zero-order chi connectivity index (χ0) is 25.9. The molecule has 3 fully saturated rings. The van der Waals surface area contributed by atoms with Crippen molar-refractivity contribution < 1.29 is 33.3 Å². The number of alkyl halides is 3. The Labute approximate surface area is 206 Å². The minimum absolute atomic E-state index is 0.239. The van der Waals surface area contributed by atoms with E-state index in [0.29, 0.717) is 51.0 Å². The van der Waals surface area contributed by atoms with Crippen molar-refractivity contribution in [2.75, 3.05) is 6.54 Å². The second-order valence-electron chi connectivity index (χ2n) is 11.5. The van der Waals surface area contributed by atoms with E-state index in [1.54, 1.807) is 0 Å². The Hall–Kier alpha value is -1.38. The van der Waals surface area contributed by atoms with E-state index in [2.05, 4.69) is 24.4 Å². The van der Waals surface area contributed by atoms with Gasteiger partial charge in [-0.15, -0.1) is 0 Å². The summed E-state index contributed by atoms with van der Waals surface area (Å²) in [6.07, 6.45) is 7.76. The van der Waals surface area contributed by atoms with Crippen molar-refractivity contribution in [1.82, 2.24) is 5.32 Å². The van der Waals surface area contributed by atoms with Crippen molar-refractivity contribution in [3.8, 4) is 0 Å². The third-order valence-electron chi connectivity index (χ3n) is 8.65. The zero-order valence-corrected chi connectivity index (χ0v) is 21.0. The van der Waals surface area contributed by atoms with Gasteiger partial charge < -0.3 is 20.6 Å². The number of hydrogen-bond acceptors (Lipinski definition) is 4. The molecule has 3 rings (SSSR count). The van der Waals surface area contributed by atoms with E-state index < -0.39 is 36.3 Å². The number of carbonyl (C=O) groups is 1. The van der Waals surface area contributed by atoms with E-state index in [-0.39, 0.29) is 5.41 Å². The van der Waals surface area contributed by atoms with Crippen LogP contribution < -0.4 is 5.32 Å².